The number of hydrogen-bond acceptors (Lipinski definition) is 8. The number of carbonyl (C=O) groups excluding carboxylic acids is 1. The van der Waals surface area contributed by atoms with E-state index < -0.39 is 0 Å². The van der Waals surface area contributed by atoms with Gasteiger partial charge in [-0.25, -0.2) is 4.98 Å². The van der Waals surface area contributed by atoms with Crippen molar-refractivity contribution in [3.8, 4) is 23.4 Å². The highest BCUT2D eigenvalue weighted by molar-refractivity contribution is 5.79. The number of nitriles is 1. The largest absolute Gasteiger partial charge is 0.488 e. The van der Waals surface area contributed by atoms with Gasteiger partial charge < -0.3 is 28.7 Å². The second-order valence-electron chi connectivity index (χ2n) is 9.45. The first-order valence-corrected chi connectivity index (χ1v) is 12.6. The molecule has 1 unspecified atom stereocenters. The van der Waals surface area contributed by atoms with Crippen molar-refractivity contribution < 1.29 is 23.7 Å². The molecule has 2 fully saturated rings. The van der Waals surface area contributed by atoms with Gasteiger partial charge in [-0.05, 0) is 37.5 Å². The fourth-order valence-corrected chi connectivity index (χ4v) is 5.11. The van der Waals surface area contributed by atoms with Crippen LogP contribution in [0.5, 0.6) is 17.4 Å². The number of fused-ring (bicyclic) bond motifs is 1. The fourth-order valence-electron chi connectivity index (χ4n) is 5.11. The molecule has 9 nitrogen and oxygen atoms in total. The first-order chi connectivity index (χ1) is 17.6. The van der Waals surface area contributed by atoms with Crippen LogP contribution in [-0.2, 0) is 9.53 Å². The van der Waals surface area contributed by atoms with E-state index in [2.05, 4.69) is 22.9 Å². The number of ether oxygens (including phenoxy) is 4. The molecule has 1 aromatic heterocycles. The van der Waals surface area contributed by atoms with E-state index in [1.54, 1.807) is 12.3 Å². The number of rotatable bonds is 6. The van der Waals surface area contributed by atoms with Gasteiger partial charge in [-0.3, -0.25) is 4.79 Å². The lowest BCUT2D eigenvalue weighted by Gasteiger charge is -2.36. The molecule has 0 N–H and O–H groups in total. The molecule has 0 saturated carbocycles. The molecule has 3 aliphatic rings. The quantitative estimate of drug-likeness (QED) is 0.603. The highest BCUT2D eigenvalue weighted by Crippen LogP contribution is 2.42. The number of benzene rings is 1. The molecule has 0 bridgehead atoms. The van der Waals surface area contributed by atoms with Crippen LogP contribution in [0, 0.1) is 17.2 Å². The lowest BCUT2D eigenvalue weighted by atomic mass is 9.99. The molecule has 0 radical (unpaired) electrons. The summed E-state index contributed by atoms with van der Waals surface area (Å²) in [5, 5.41) is 9.55. The van der Waals surface area contributed by atoms with E-state index in [0.29, 0.717) is 44.3 Å². The number of carbonyl (C=O) groups is 1. The van der Waals surface area contributed by atoms with Crippen LogP contribution in [0.1, 0.15) is 38.2 Å². The number of methoxy groups -OCH3 is 1. The molecular weight excluding hydrogens is 460 g/mol. The minimum Gasteiger partial charge on any atom is -0.488 e. The second kappa shape index (κ2) is 10.6. The van der Waals surface area contributed by atoms with E-state index >= 15 is 0 Å². The van der Waals surface area contributed by atoms with Crippen molar-refractivity contribution >= 4 is 17.3 Å². The molecule has 3 aliphatic heterocycles. The van der Waals surface area contributed by atoms with E-state index in [1.807, 2.05) is 23.1 Å². The molecule has 0 spiro atoms. The molecule has 9 heteroatoms. The average molecular weight is 493 g/mol. The van der Waals surface area contributed by atoms with Crippen LogP contribution in [0.2, 0.25) is 0 Å². The lowest BCUT2D eigenvalue weighted by molar-refractivity contribution is -0.137. The Hall–Kier alpha value is -3.51. The Labute approximate surface area is 211 Å². The number of amides is 1. The third-order valence-electron chi connectivity index (χ3n) is 7.15. The smallest absolute Gasteiger partial charge is 0.231 e. The SMILES string of the molecule is CCC1CN(c2cnc(OC)c(C#N)c2)c2cc(O[C@H]3CCN(C(=O)C4CCOCC4)C3)ccc2O1. The first kappa shape index (κ1) is 24.2. The lowest BCUT2D eigenvalue weighted by Crippen LogP contribution is -2.38. The molecule has 2 aromatic rings. The minimum atomic E-state index is -0.0546. The Morgan fingerprint density at radius 1 is 1.22 bits per heavy atom. The van der Waals surface area contributed by atoms with Gasteiger partial charge in [-0.1, -0.05) is 6.92 Å². The van der Waals surface area contributed by atoms with Crippen molar-refractivity contribution in [2.75, 3.05) is 44.9 Å². The summed E-state index contributed by atoms with van der Waals surface area (Å²) in [6.45, 7) is 5.36. The summed E-state index contributed by atoms with van der Waals surface area (Å²) in [4.78, 5) is 21.3. The predicted octanol–water partition coefficient (Wildman–Crippen LogP) is 3.68. The molecule has 190 valence electrons. The third-order valence-corrected chi connectivity index (χ3v) is 7.15. The molecule has 2 saturated heterocycles. The molecular formula is C27H32N4O5. The van der Waals surface area contributed by atoms with Gasteiger partial charge in [0.05, 0.1) is 37.8 Å². The van der Waals surface area contributed by atoms with Gasteiger partial charge in [0, 0.05) is 38.2 Å². The maximum Gasteiger partial charge on any atom is 0.231 e. The van der Waals surface area contributed by atoms with Crippen molar-refractivity contribution in [2.45, 2.75) is 44.8 Å². The van der Waals surface area contributed by atoms with Crippen LogP contribution in [0.4, 0.5) is 11.4 Å². The van der Waals surface area contributed by atoms with E-state index in [-0.39, 0.29) is 24.0 Å². The monoisotopic (exact) mass is 492 g/mol. The van der Waals surface area contributed by atoms with Crippen LogP contribution < -0.4 is 19.1 Å². The minimum absolute atomic E-state index is 0.0106. The maximum absolute atomic E-state index is 12.9. The van der Waals surface area contributed by atoms with Gasteiger partial charge in [0.2, 0.25) is 11.8 Å². The number of aromatic nitrogens is 1. The summed E-state index contributed by atoms with van der Waals surface area (Å²) in [5.41, 5.74) is 2.03. The zero-order valence-corrected chi connectivity index (χ0v) is 20.8. The van der Waals surface area contributed by atoms with Crippen LogP contribution in [0.25, 0.3) is 0 Å². The second-order valence-corrected chi connectivity index (χ2v) is 9.45. The number of hydrogen-bond donors (Lipinski definition) is 0. The van der Waals surface area contributed by atoms with Crippen molar-refractivity contribution in [3.63, 3.8) is 0 Å². The number of likely N-dealkylation sites (tertiary alicyclic amines) is 1. The Morgan fingerprint density at radius 3 is 2.81 bits per heavy atom. The molecule has 1 aromatic carbocycles. The van der Waals surface area contributed by atoms with E-state index in [0.717, 1.165) is 48.6 Å². The average Bonchev–Trinajstić information content (AvgIpc) is 3.40. The summed E-state index contributed by atoms with van der Waals surface area (Å²) >= 11 is 0. The van der Waals surface area contributed by atoms with E-state index in [9.17, 15) is 10.1 Å². The van der Waals surface area contributed by atoms with Gasteiger partial charge in [-0.15, -0.1) is 0 Å². The van der Waals surface area contributed by atoms with Crippen LogP contribution in [0.3, 0.4) is 0 Å². The fraction of sp³-hybridized carbons (Fsp3) is 0.519. The number of anilines is 2. The third kappa shape index (κ3) is 4.91. The highest BCUT2D eigenvalue weighted by atomic mass is 16.5. The first-order valence-electron chi connectivity index (χ1n) is 12.6. The highest BCUT2D eigenvalue weighted by Gasteiger charge is 2.33. The molecule has 0 aliphatic carbocycles. The molecule has 2 atom stereocenters. The summed E-state index contributed by atoms with van der Waals surface area (Å²) in [7, 11) is 1.50. The summed E-state index contributed by atoms with van der Waals surface area (Å²) in [6, 6.07) is 9.78. The summed E-state index contributed by atoms with van der Waals surface area (Å²) < 4.78 is 23.2. The standard InChI is InChI=1S/C27H32N4O5/c1-3-21-17-31(20-12-19(14-28)26(33-2)29-15-20)24-13-22(4-5-25(24)36-21)35-23-6-9-30(16-23)27(32)18-7-10-34-11-8-18/h4-5,12-13,15,18,21,23H,3,6-11,16-17H2,1-2H3/t21?,23-/m0/s1. The van der Waals surface area contributed by atoms with Crippen molar-refractivity contribution in [3.05, 3.63) is 36.0 Å². The topological polar surface area (TPSA) is 97.2 Å². The van der Waals surface area contributed by atoms with Crippen LogP contribution in [-0.4, -0.2) is 68.0 Å². The van der Waals surface area contributed by atoms with Gasteiger partial charge in [-0.2, -0.15) is 5.26 Å². The zero-order valence-electron chi connectivity index (χ0n) is 20.8. The maximum atomic E-state index is 12.9. The summed E-state index contributed by atoms with van der Waals surface area (Å²) in [6.07, 6.45) is 4.92. The van der Waals surface area contributed by atoms with Gasteiger partial charge in [0.15, 0.2) is 0 Å². The molecule has 1 amide bonds. The Balaban J connectivity index is 1.34. The normalized spacial score (nSPS) is 21.9. The van der Waals surface area contributed by atoms with Gasteiger partial charge in [0.1, 0.15) is 35.3 Å². The summed E-state index contributed by atoms with van der Waals surface area (Å²) in [5.74, 6) is 2.08. The van der Waals surface area contributed by atoms with Crippen LogP contribution >= 0.6 is 0 Å². The molecule has 4 heterocycles. The zero-order chi connectivity index (χ0) is 25.1. The Morgan fingerprint density at radius 2 is 2.06 bits per heavy atom. The predicted molar refractivity (Wildman–Crippen MR) is 133 cm³/mol. The van der Waals surface area contributed by atoms with Crippen molar-refractivity contribution in [2.24, 2.45) is 5.92 Å². The number of nitrogens with zero attached hydrogens (tertiary/aromatic N) is 4. The van der Waals surface area contributed by atoms with Crippen LogP contribution in [0.15, 0.2) is 30.5 Å². The molecule has 36 heavy (non-hydrogen) atoms. The Kier molecular flexibility index (Phi) is 7.14. The number of pyridine rings is 1. The van der Waals surface area contributed by atoms with Crippen molar-refractivity contribution in [1.82, 2.24) is 9.88 Å². The van der Waals surface area contributed by atoms with Crippen molar-refractivity contribution in [1.29, 1.82) is 5.26 Å². The van der Waals surface area contributed by atoms with Gasteiger partial charge in [0.25, 0.3) is 0 Å². The molecule has 5 rings (SSSR count). The van der Waals surface area contributed by atoms with Gasteiger partial charge >= 0.3 is 0 Å². The van der Waals surface area contributed by atoms with E-state index in [4.69, 9.17) is 18.9 Å². The Bertz CT molecular complexity index is 1140. The van der Waals surface area contributed by atoms with E-state index in [1.165, 1.54) is 7.11 Å².